The van der Waals surface area contributed by atoms with E-state index in [4.69, 9.17) is 10.00 Å². The number of piperazine rings is 1. The lowest BCUT2D eigenvalue weighted by atomic mass is 10.1. The molecule has 1 amide bonds. The molecule has 2 aromatic carbocycles. The van der Waals surface area contributed by atoms with E-state index in [1.165, 1.54) is 5.56 Å². The molecule has 0 spiro atoms. The van der Waals surface area contributed by atoms with Gasteiger partial charge in [-0.3, -0.25) is 14.7 Å². The van der Waals surface area contributed by atoms with Crippen molar-refractivity contribution in [2.45, 2.75) is 6.42 Å². The summed E-state index contributed by atoms with van der Waals surface area (Å²) >= 11 is 0. The van der Waals surface area contributed by atoms with Gasteiger partial charge in [0, 0.05) is 45.1 Å². The first kappa shape index (κ1) is 22.3. The van der Waals surface area contributed by atoms with Crippen LogP contribution in [0.1, 0.15) is 11.1 Å². The average molecular weight is 442 g/mol. The fraction of sp³-hybridized carbons (Fsp3) is 0.269. The summed E-state index contributed by atoms with van der Waals surface area (Å²) in [7, 11) is 0. The SMILES string of the molecule is N#Cc1ccccc1OCC(=O)Nc1ccccc1N1CCN(CCc2ccncc2)CC1. The lowest BCUT2D eigenvalue weighted by Gasteiger charge is -2.37. The van der Waals surface area contributed by atoms with Gasteiger partial charge in [0.05, 0.1) is 16.9 Å². The highest BCUT2D eigenvalue weighted by molar-refractivity contribution is 5.95. The van der Waals surface area contributed by atoms with E-state index >= 15 is 0 Å². The molecule has 33 heavy (non-hydrogen) atoms. The van der Waals surface area contributed by atoms with Crippen molar-refractivity contribution >= 4 is 17.3 Å². The van der Waals surface area contributed by atoms with Crippen LogP contribution in [0.3, 0.4) is 0 Å². The van der Waals surface area contributed by atoms with Crippen LogP contribution in [0.4, 0.5) is 11.4 Å². The molecule has 0 unspecified atom stereocenters. The van der Waals surface area contributed by atoms with Gasteiger partial charge in [-0.2, -0.15) is 5.26 Å². The minimum absolute atomic E-state index is 0.157. The van der Waals surface area contributed by atoms with Gasteiger partial charge in [0.1, 0.15) is 11.8 Å². The number of nitriles is 1. The molecule has 168 valence electrons. The molecule has 4 rings (SSSR count). The lowest BCUT2D eigenvalue weighted by molar-refractivity contribution is -0.118. The molecule has 1 aromatic heterocycles. The summed E-state index contributed by atoms with van der Waals surface area (Å²) in [5.74, 6) is 0.150. The molecule has 0 saturated carbocycles. The number of carbonyl (C=O) groups is 1. The Morgan fingerprint density at radius 1 is 1.00 bits per heavy atom. The van der Waals surface area contributed by atoms with Crippen molar-refractivity contribution < 1.29 is 9.53 Å². The molecule has 7 heteroatoms. The highest BCUT2D eigenvalue weighted by atomic mass is 16.5. The predicted octanol–water partition coefficient (Wildman–Crippen LogP) is 3.34. The van der Waals surface area contributed by atoms with Gasteiger partial charge in [0.25, 0.3) is 5.91 Å². The molecule has 0 radical (unpaired) electrons. The van der Waals surface area contributed by atoms with E-state index in [-0.39, 0.29) is 12.5 Å². The van der Waals surface area contributed by atoms with Gasteiger partial charge in [0.15, 0.2) is 6.61 Å². The summed E-state index contributed by atoms with van der Waals surface area (Å²) in [6.45, 7) is 4.61. The van der Waals surface area contributed by atoms with Crippen LogP contribution in [-0.2, 0) is 11.2 Å². The van der Waals surface area contributed by atoms with E-state index < -0.39 is 0 Å². The van der Waals surface area contributed by atoms with Crippen molar-refractivity contribution in [1.29, 1.82) is 5.26 Å². The number of aromatic nitrogens is 1. The van der Waals surface area contributed by atoms with Crippen molar-refractivity contribution in [3.63, 3.8) is 0 Å². The number of ether oxygens (including phenoxy) is 1. The maximum Gasteiger partial charge on any atom is 0.262 e. The molecule has 7 nitrogen and oxygen atoms in total. The Hall–Kier alpha value is -3.89. The second-order valence-corrected chi connectivity index (χ2v) is 7.90. The van der Waals surface area contributed by atoms with Crippen LogP contribution in [0.15, 0.2) is 73.1 Å². The Labute approximate surface area is 194 Å². The molecular formula is C26H27N5O2. The number of carbonyl (C=O) groups excluding carboxylic acids is 1. The third kappa shape index (κ3) is 6.09. The first-order valence-corrected chi connectivity index (χ1v) is 11.1. The van der Waals surface area contributed by atoms with Crippen LogP contribution in [0.2, 0.25) is 0 Å². The topological polar surface area (TPSA) is 81.5 Å². The highest BCUT2D eigenvalue weighted by Crippen LogP contribution is 2.27. The van der Waals surface area contributed by atoms with Gasteiger partial charge in [-0.05, 0) is 48.4 Å². The third-order valence-corrected chi connectivity index (χ3v) is 5.72. The molecule has 1 fully saturated rings. The van der Waals surface area contributed by atoms with Crippen LogP contribution in [0.5, 0.6) is 5.75 Å². The zero-order chi connectivity index (χ0) is 22.9. The summed E-state index contributed by atoms with van der Waals surface area (Å²) in [6.07, 6.45) is 4.70. The number of nitrogens with zero attached hydrogens (tertiary/aromatic N) is 4. The maximum absolute atomic E-state index is 12.5. The number of nitrogens with one attached hydrogen (secondary N) is 1. The Morgan fingerprint density at radius 2 is 1.73 bits per heavy atom. The lowest BCUT2D eigenvalue weighted by Crippen LogP contribution is -2.47. The molecular weight excluding hydrogens is 414 g/mol. The van der Waals surface area contributed by atoms with Crippen LogP contribution >= 0.6 is 0 Å². The second kappa shape index (κ2) is 11.1. The van der Waals surface area contributed by atoms with E-state index in [1.807, 2.05) is 36.7 Å². The average Bonchev–Trinajstić information content (AvgIpc) is 2.88. The number of anilines is 2. The van der Waals surface area contributed by atoms with Gasteiger partial charge in [-0.1, -0.05) is 24.3 Å². The summed E-state index contributed by atoms with van der Waals surface area (Å²) in [6, 6.07) is 20.9. The molecule has 2 heterocycles. The van der Waals surface area contributed by atoms with E-state index in [9.17, 15) is 4.79 Å². The van der Waals surface area contributed by atoms with Gasteiger partial charge in [-0.25, -0.2) is 0 Å². The number of hydrogen-bond acceptors (Lipinski definition) is 6. The van der Waals surface area contributed by atoms with Gasteiger partial charge >= 0.3 is 0 Å². The first-order chi connectivity index (χ1) is 16.2. The Bertz CT molecular complexity index is 1100. The number of rotatable bonds is 8. The number of benzene rings is 2. The highest BCUT2D eigenvalue weighted by Gasteiger charge is 2.20. The minimum atomic E-state index is -0.258. The second-order valence-electron chi connectivity index (χ2n) is 7.90. The molecule has 3 aromatic rings. The predicted molar refractivity (Wildman–Crippen MR) is 128 cm³/mol. The zero-order valence-electron chi connectivity index (χ0n) is 18.5. The van der Waals surface area contributed by atoms with E-state index in [2.05, 4.69) is 38.3 Å². The smallest absolute Gasteiger partial charge is 0.262 e. The van der Waals surface area contributed by atoms with Gasteiger partial charge in [0.2, 0.25) is 0 Å². The molecule has 0 aliphatic carbocycles. The fourth-order valence-electron chi connectivity index (χ4n) is 3.92. The molecule has 0 bridgehead atoms. The van der Waals surface area contributed by atoms with Crippen LogP contribution in [-0.4, -0.2) is 55.1 Å². The summed E-state index contributed by atoms with van der Waals surface area (Å²) in [5.41, 5.74) is 3.49. The molecule has 1 aliphatic heterocycles. The molecule has 1 saturated heterocycles. The normalized spacial score (nSPS) is 13.8. The third-order valence-electron chi connectivity index (χ3n) is 5.72. The largest absolute Gasteiger partial charge is 0.482 e. The molecule has 1 N–H and O–H groups in total. The summed E-state index contributed by atoms with van der Waals surface area (Å²) in [4.78, 5) is 21.4. The zero-order valence-corrected chi connectivity index (χ0v) is 18.5. The van der Waals surface area contributed by atoms with Crippen molar-refractivity contribution in [2.75, 3.05) is 49.5 Å². The maximum atomic E-state index is 12.5. The Kier molecular flexibility index (Phi) is 7.52. The number of amides is 1. The van der Waals surface area contributed by atoms with Gasteiger partial charge < -0.3 is 15.0 Å². The monoisotopic (exact) mass is 441 g/mol. The quantitative estimate of drug-likeness (QED) is 0.578. The van der Waals surface area contributed by atoms with Crippen LogP contribution < -0.4 is 15.0 Å². The van der Waals surface area contributed by atoms with Crippen molar-refractivity contribution in [3.05, 3.63) is 84.2 Å². The minimum Gasteiger partial charge on any atom is -0.482 e. The van der Waals surface area contributed by atoms with Crippen LogP contribution in [0, 0.1) is 11.3 Å². The van der Waals surface area contributed by atoms with Gasteiger partial charge in [-0.15, -0.1) is 0 Å². The van der Waals surface area contributed by atoms with Crippen molar-refractivity contribution in [2.24, 2.45) is 0 Å². The van der Waals surface area contributed by atoms with Crippen molar-refractivity contribution in [1.82, 2.24) is 9.88 Å². The van der Waals surface area contributed by atoms with Crippen molar-refractivity contribution in [3.8, 4) is 11.8 Å². The number of hydrogen-bond donors (Lipinski definition) is 1. The Balaban J connectivity index is 1.30. The fourth-order valence-corrected chi connectivity index (χ4v) is 3.92. The molecule has 1 aliphatic rings. The summed E-state index contributed by atoms with van der Waals surface area (Å²) < 4.78 is 5.57. The summed E-state index contributed by atoms with van der Waals surface area (Å²) in [5, 5.41) is 12.1. The van der Waals surface area contributed by atoms with Crippen LogP contribution in [0.25, 0.3) is 0 Å². The Morgan fingerprint density at radius 3 is 2.52 bits per heavy atom. The van der Waals surface area contributed by atoms with E-state index in [0.717, 1.165) is 50.5 Å². The van der Waals surface area contributed by atoms with E-state index in [1.54, 1.807) is 24.3 Å². The standard InChI is InChI=1S/C26H27N5O2/c27-19-22-5-1-4-8-25(22)33-20-26(32)29-23-6-2-3-7-24(23)31-17-15-30(16-18-31)14-11-21-9-12-28-13-10-21/h1-10,12-13H,11,14-18,20H2,(H,29,32). The number of pyridine rings is 1. The van der Waals surface area contributed by atoms with E-state index in [0.29, 0.717) is 11.3 Å². The number of para-hydroxylation sites is 3. The first-order valence-electron chi connectivity index (χ1n) is 11.1. The molecule has 0 atom stereocenters.